The highest BCUT2D eigenvalue weighted by atomic mass is 127. The first kappa shape index (κ1) is 24.1. The zero-order valence-corrected chi connectivity index (χ0v) is 21.5. The number of hydrogen-bond donors (Lipinski definition) is 2. The molecule has 1 aromatic carbocycles. The number of nitrogens with one attached hydrogen (secondary N) is 2. The van der Waals surface area contributed by atoms with Gasteiger partial charge in [0.2, 0.25) is 0 Å². The molecule has 2 heterocycles. The van der Waals surface area contributed by atoms with E-state index in [-0.39, 0.29) is 24.0 Å². The van der Waals surface area contributed by atoms with E-state index in [1.807, 2.05) is 25.0 Å². The Morgan fingerprint density at radius 1 is 1.10 bits per heavy atom. The summed E-state index contributed by atoms with van der Waals surface area (Å²) in [5.41, 5.74) is 1.22. The summed E-state index contributed by atoms with van der Waals surface area (Å²) >= 11 is 1.98. The van der Waals surface area contributed by atoms with Crippen molar-refractivity contribution < 1.29 is 0 Å². The standard InChI is InChI=1S/C23H32N6S.HI/c1-24-22(27-18-23(9-10-23)30-20-6-4-3-5-7-20)26-17-19-8-11-25-21(16-19)29-14-12-28(2)13-15-29;/h3-8,11,16H,9-10,12-15,17-18H2,1-2H3,(H2,24,26,27);1H. The van der Waals surface area contributed by atoms with Crippen LogP contribution in [0.3, 0.4) is 0 Å². The van der Waals surface area contributed by atoms with Crippen LogP contribution in [0.4, 0.5) is 5.82 Å². The van der Waals surface area contributed by atoms with Crippen LogP contribution in [0.1, 0.15) is 18.4 Å². The second-order valence-corrected chi connectivity index (χ2v) is 9.73. The normalized spacial score (nSPS) is 18.3. The van der Waals surface area contributed by atoms with Gasteiger partial charge >= 0.3 is 0 Å². The van der Waals surface area contributed by atoms with Crippen molar-refractivity contribution in [2.75, 3.05) is 51.7 Å². The minimum Gasteiger partial charge on any atom is -0.355 e. The first-order valence-corrected chi connectivity index (χ1v) is 11.5. The molecule has 0 unspecified atom stereocenters. The Balaban J connectivity index is 0.00000272. The average molecular weight is 553 g/mol. The van der Waals surface area contributed by atoms with Gasteiger partial charge in [-0.05, 0) is 49.7 Å². The number of halogens is 1. The van der Waals surface area contributed by atoms with E-state index in [0.29, 0.717) is 4.75 Å². The topological polar surface area (TPSA) is 55.8 Å². The third-order valence-corrected chi connectivity index (χ3v) is 7.28. The number of pyridine rings is 1. The van der Waals surface area contributed by atoms with Crippen molar-refractivity contribution in [1.82, 2.24) is 20.5 Å². The monoisotopic (exact) mass is 552 g/mol. The van der Waals surface area contributed by atoms with Crippen LogP contribution in [0.15, 0.2) is 58.5 Å². The van der Waals surface area contributed by atoms with Crippen LogP contribution in [0.5, 0.6) is 0 Å². The van der Waals surface area contributed by atoms with E-state index < -0.39 is 0 Å². The van der Waals surface area contributed by atoms with Crippen molar-refractivity contribution in [1.29, 1.82) is 0 Å². The Hall–Kier alpha value is -1.52. The minimum absolute atomic E-state index is 0. The van der Waals surface area contributed by atoms with Crippen molar-refractivity contribution in [2.24, 2.45) is 4.99 Å². The Labute approximate surface area is 207 Å². The summed E-state index contributed by atoms with van der Waals surface area (Å²) in [5, 5.41) is 6.99. The maximum Gasteiger partial charge on any atom is 0.191 e. The molecule has 8 heteroatoms. The minimum atomic E-state index is 0. The average Bonchev–Trinajstić information content (AvgIpc) is 3.55. The zero-order chi connectivity index (χ0) is 20.8. The quantitative estimate of drug-likeness (QED) is 0.312. The molecule has 0 radical (unpaired) electrons. The molecule has 0 atom stereocenters. The van der Waals surface area contributed by atoms with Gasteiger partial charge in [-0.2, -0.15) is 0 Å². The van der Waals surface area contributed by atoms with Gasteiger partial charge < -0.3 is 20.4 Å². The number of benzene rings is 1. The number of hydrogen-bond acceptors (Lipinski definition) is 5. The molecule has 1 saturated carbocycles. The molecule has 2 N–H and O–H groups in total. The third-order valence-electron chi connectivity index (χ3n) is 5.78. The molecule has 4 rings (SSSR count). The largest absolute Gasteiger partial charge is 0.355 e. The van der Waals surface area contributed by atoms with Gasteiger partial charge in [0, 0.05) is 62.2 Å². The van der Waals surface area contributed by atoms with Crippen LogP contribution in [0.2, 0.25) is 0 Å². The fourth-order valence-corrected chi connectivity index (χ4v) is 4.87. The lowest BCUT2D eigenvalue weighted by Gasteiger charge is -2.33. The van der Waals surface area contributed by atoms with Gasteiger partial charge in [-0.15, -0.1) is 35.7 Å². The van der Waals surface area contributed by atoms with E-state index in [0.717, 1.165) is 51.0 Å². The number of aliphatic imine (C=N–C) groups is 1. The maximum absolute atomic E-state index is 4.58. The van der Waals surface area contributed by atoms with E-state index in [1.165, 1.54) is 23.3 Å². The maximum atomic E-state index is 4.58. The number of aromatic nitrogens is 1. The molecule has 0 spiro atoms. The van der Waals surface area contributed by atoms with E-state index in [9.17, 15) is 0 Å². The van der Waals surface area contributed by atoms with Gasteiger partial charge in [-0.3, -0.25) is 4.99 Å². The molecule has 1 saturated heterocycles. The number of guanidine groups is 1. The van der Waals surface area contributed by atoms with Gasteiger partial charge in [0.25, 0.3) is 0 Å². The van der Waals surface area contributed by atoms with Gasteiger partial charge in [0.1, 0.15) is 5.82 Å². The predicted molar refractivity (Wildman–Crippen MR) is 142 cm³/mol. The second kappa shape index (κ2) is 11.4. The second-order valence-electron chi connectivity index (χ2n) is 8.19. The van der Waals surface area contributed by atoms with Crippen LogP contribution >= 0.6 is 35.7 Å². The van der Waals surface area contributed by atoms with Gasteiger partial charge in [-0.25, -0.2) is 4.98 Å². The molecular weight excluding hydrogens is 519 g/mol. The summed E-state index contributed by atoms with van der Waals surface area (Å²) in [5.74, 6) is 1.93. The predicted octanol–water partition coefficient (Wildman–Crippen LogP) is 3.44. The molecule has 2 aliphatic rings. The molecule has 168 valence electrons. The summed E-state index contributed by atoms with van der Waals surface area (Å²) in [7, 11) is 4.01. The number of nitrogens with zero attached hydrogens (tertiary/aromatic N) is 4. The fourth-order valence-electron chi connectivity index (χ4n) is 3.62. The van der Waals surface area contributed by atoms with E-state index >= 15 is 0 Å². The van der Waals surface area contributed by atoms with Gasteiger partial charge in [-0.1, -0.05) is 18.2 Å². The number of piperazine rings is 1. The lowest BCUT2D eigenvalue weighted by atomic mass is 10.2. The summed E-state index contributed by atoms with van der Waals surface area (Å²) < 4.78 is 0.296. The molecular formula is C23H33IN6S. The highest BCUT2D eigenvalue weighted by Gasteiger charge is 2.43. The lowest BCUT2D eigenvalue weighted by molar-refractivity contribution is 0.312. The van der Waals surface area contributed by atoms with E-state index in [4.69, 9.17) is 0 Å². The lowest BCUT2D eigenvalue weighted by Crippen LogP contribution is -2.44. The summed E-state index contributed by atoms with van der Waals surface area (Å²) in [4.78, 5) is 15.1. The molecule has 0 amide bonds. The third kappa shape index (κ3) is 6.98. The summed E-state index contributed by atoms with van der Waals surface area (Å²) in [6, 6.07) is 14.9. The molecule has 2 aromatic rings. The van der Waals surface area contributed by atoms with Crippen LogP contribution in [0, 0.1) is 0 Å². The molecule has 6 nitrogen and oxygen atoms in total. The highest BCUT2D eigenvalue weighted by molar-refractivity contribution is 14.0. The number of anilines is 1. The number of likely N-dealkylation sites (N-methyl/N-ethyl adjacent to an activating group) is 1. The first-order chi connectivity index (χ1) is 14.7. The van der Waals surface area contributed by atoms with Crippen molar-refractivity contribution in [3.05, 3.63) is 54.2 Å². The Kier molecular flexibility index (Phi) is 8.85. The SMILES string of the molecule is CN=C(NCc1ccnc(N2CCN(C)CC2)c1)NCC1(Sc2ccccc2)CC1.I. The van der Waals surface area contributed by atoms with Crippen molar-refractivity contribution in [2.45, 2.75) is 29.0 Å². The Morgan fingerprint density at radius 3 is 2.52 bits per heavy atom. The molecule has 1 aliphatic carbocycles. The van der Waals surface area contributed by atoms with Gasteiger partial charge in [0.05, 0.1) is 0 Å². The van der Waals surface area contributed by atoms with E-state index in [1.54, 1.807) is 0 Å². The first-order valence-electron chi connectivity index (χ1n) is 10.7. The molecule has 2 fully saturated rings. The zero-order valence-electron chi connectivity index (χ0n) is 18.4. The summed E-state index contributed by atoms with van der Waals surface area (Å²) in [6.07, 6.45) is 4.40. The molecule has 1 aliphatic heterocycles. The van der Waals surface area contributed by atoms with Gasteiger partial charge in [0.15, 0.2) is 5.96 Å². The molecule has 0 bridgehead atoms. The van der Waals surface area contributed by atoms with Crippen molar-refractivity contribution in [3.8, 4) is 0 Å². The van der Waals surface area contributed by atoms with Crippen molar-refractivity contribution >= 4 is 47.5 Å². The molecule has 31 heavy (non-hydrogen) atoms. The van der Waals surface area contributed by atoms with Crippen LogP contribution in [0.25, 0.3) is 0 Å². The van der Waals surface area contributed by atoms with Crippen LogP contribution in [-0.2, 0) is 6.54 Å². The van der Waals surface area contributed by atoms with E-state index in [2.05, 4.69) is 79.9 Å². The highest BCUT2D eigenvalue weighted by Crippen LogP contribution is 2.51. The fraction of sp³-hybridized carbons (Fsp3) is 0.478. The van der Waals surface area contributed by atoms with Crippen LogP contribution < -0.4 is 15.5 Å². The molecule has 1 aromatic heterocycles. The smallest absolute Gasteiger partial charge is 0.191 e. The Bertz CT molecular complexity index is 850. The van der Waals surface area contributed by atoms with Crippen molar-refractivity contribution in [3.63, 3.8) is 0 Å². The number of thioether (sulfide) groups is 1. The van der Waals surface area contributed by atoms with Crippen LogP contribution in [-0.4, -0.2) is 67.4 Å². The Morgan fingerprint density at radius 2 is 1.84 bits per heavy atom. The summed E-state index contributed by atoms with van der Waals surface area (Å²) in [6.45, 7) is 5.90. The number of rotatable bonds is 7.